The van der Waals surface area contributed by atoms with E-state index in [2.05, 4.69) is 17.2 Å². The van der Waals surface area contributed by atoms with Gasteiger partial charge in [0.1, 0.15) is 11.6 Å². The topological polar surface area (TPSA) is 67.0 Å². The second-order valence-electron chi connectivity index (χ2n) is 8.40. The maximum atomic E-state index is 13.3. The second-order valence-corrected chi connectivity index (χ2v) is 8.40. The largest absolute Gasteiger partial charge is 0.449 e. The Morgan fingerprint density at radius 2 is 1.97 bits per heavy atom. The summed E-state index contributed by atoms with van der Waals surface area (Å²) in [6.07, 6.45) is 8.02. The lowest BCUT2D eigenvalue weighted by Gasteiger charge is -2.18. The predicted octanol–water partition coefficient (Wildman–Crippen LogP) is 6.69. The van der Waals surface area contributed by atoms with E-state index < -0.39 is 6.09 Å². The third-order valence-electron chi connectivity index (χ3n) is 5.99. The van der Waals surface area contributed by atoms with E-state index in [-0.39, 0.29) is 5.82 Å². The van der Waals surface area contributed by atoms with Crippen LogP contribution in [-0.2, 0) is 11.2 Å². The van der Waals surface area contributed by atoms with Crippen molar-refractivity contribution in [1.29, 1.82) is 0 Å². The molecule has 0 saturated heterocycles. The Balaban J connectivity index is 1.63. The fourth-order valence-corrected chi connectivity index (χ4v) is 4.23. The van der Waals surface area contributed by atoms with Crippen molar-refractivity contribution in [2.24, 2.45) is 0 Å². The summed E-state index contributed by atoms with van der Waals surface area (Å²) in [6, 6.07) is 10.4. The number of carbonyl (C=O) groups is 1. The number of hydrogen-bond acceptors (Lipinski definition) is 3. The highest BCUT2D eigenvalue weighted by Crippen LogP contribution is 2.33. The molecule has 164 valence electrons. The molecule has 0 unspecified atom stereocenters. The van der Waals surface area contributed by atoms with Gasteiger partial charge < -0.3 is 9.72 Å². The minimum absolute atomic E-state index is 0.261. The summed E-state index contributed by atoms with van der Waals surface area (Å²) in [5.41, 5.74) is 4.38. The van der Waals surface area contributed by atoms with Crippen molar-refractivity contribution < 1.29 is 13.9 Å². The molecule has 1 aliphatic carbocycles. The van der Waals surface area contributed by atoms with Crippen molar-refractivity contribution in [3.05, 3.63) is 59.2 Å². The fraction of sp³-hybridized carbons (Fsp3) is 0.440. The van der Waals surface area contributed by atoms with E-state index in [0.717, 1.165) is 53.7 Å². The average molecular weight is 424 g/mol. The van der Waals surface area contributed by atoms with Gasteiger partial charge in [0.15, 0.2) is 0 Å². The molecule has 3 aromatic rings. The lowest BCUT2D eigenvalue weighted by atomic mass is 9.89. The smallest absolute Gasteiger partial charge is 0.411 e. The third-order valence-corrected chi connectivity index (χ3v) is 5.99. The number of benzene rings is 2. The normalized spacial score (nSPS) is 14.6. The molecule has 1 aromatic heterocycles. The van der Waals surface area contributed by atoms with Gasteiger partial charge in [-0.15, -0.1) is 0 Å². The van der Waals surface area contributed by atoms with Gasteiger partial charge in [0.25, 0.3) is 0 Å². The van der Waals surface area contributed by atoms with Crippen LogP contribution in [0.15, 0.2) is 36.4 Å². The monoisotopic (exact) mass is 423 g/mol. The van der Waals surface area contributed by atoms with E-state index >= 15 is 0 Å². The SMILES string of the molecule is CCCCOC(=O)Nc1cc2nc(C3CCCCC3)[nH]c2cc1Cc1ccc(F)cc1. The lowest BCUT2D eigenvalue weighted by molar-refractivity contribution is 0.160. The number of unbranched alkanes of at least 4 members (excludes halogenated alkanes) is 1. The number of aromatic nitrogens is 2. The van der Waals surface area contributed by atoms with Crippen LogP contribution in [0.5, 0.6) is 0 Å². The van der Waals surface area contributed by atoms with Gasteiger partial charge >= 0.3 is 6.09 Å². The molecule has 0 bridgehead atoms. The van der Waals surface area contributed by atoms with Crippen LogP contribution in [0.2, 0.25) is 0 Å². The van der Waals surface area contributed by atoms with E-state index in [1.807, 2.05) is 12.1 Å². The summed E-state index contributed by atoms with van der Waals surface area (Å²) in [5.74, 6) is 1.24. The molecule has 31 heavy (non-hydrogen) atoms. The van der Waals surface area contributed by atoms with Crippen molar-refractivity contribution in [3.8, 4) is 0 Å². The van der Waals surface area contributed by atoms with Crippen molar-refractivity contribution >= 4 is 22.8 Å². The molecule has 4 rings (SSSR count). The molecule has 0 spiro atoms. The molecule has 2 N–H and O–H groups in total. The lowest BCUT2D eigenvalue weighted by Crippen LogP contribution is -2.15. The molecule has 6 heteroatoms. The zero-order valence-electron chi connectivity index (χ0n) is 18.0. The summed E-state index contributed by atoms with van der Waals surface area (Å²) in [6.45, 7) is 2.45. The predicted molar refractivity (Wildman–Crippen MR) is 121 cm³/mol. The molecule has 0 aliphatic heterocycles. The highest BCUT2D eigenvalue weighted by molar-refractivity contribution is 5.90. The Morgan fingerprint density at radius 3 is 2.71 bits per heavy atom. The van der Waals surface area contributed by atoms with Gasteiger partial charge in [-0.1, -0.05) is 44.7 Å². The zero-order valence-corrected chi connectivity index (χ0v) is 18.0. The quantitative estimate of drug-likeness (QED) is 0.416. The summed E-state index contributed by atoms with van der Waals surface area (Å²) in [7, 11) is 0. The van der Waals surface area contributed by atoms with Crippen LogP contribution in [0, 0.1) is 5.82 Å². The third kappa shape index (κ3) is 5.43. The Morgan fingerprint density at radius 1 is 1.19 bits per heavy atom. The maximum absolute atomic E-state index is 13.3. The van der Waals surface area contributed by atoms with Gasteiger partial charge in [-0.2, -0.15) is 0 Å². The summed E-state index contributed by atoms with van der Waals surface area (Å²) >= 11 is 0. The van der Waals surface area contributed by atoms with Crippen LogP contribution >= 0.6 is 0 Å². The Bertz CT molecular complexity index is 1020. The Hall–Kier alpha value is -2.89. The molecule has 1 aliphatic rings. The molecular weight excluding hydrogens is 393 g/mol. The molecule has 2 aromatic carbocycles. The molecule has 1 saturated carbocycles. The molecule has 0 radical (unpaired) electrons. The minimum Gasteiger partial charge on any atom is -0.449 e. The van der Waals surface area contributed by atoms with E-state index in [1.54, 1.807) is 12.1 Å². The van der Waals surface area contributed by atoms with E-state index in [0.29, 0.717) is 24.6 Å². The molecule has 1 fully saturated rings. The first-order valence-corrected chi connectivity index (χ1v) is 11.3. The van der Waals surface area contributed by atoms with Crippen LogP contribution in [0.1, 0.15) is 74.7 Å². The maximum Gasteiger partial charge on any atom is 0.411 e. The van der Waals surface area contributed by atoms with Crippen molar-refractivity contribution in [2.45, 2.75) is 64.2 Å². The number of halogens is 1. The molecule has 5 nitrogen and oxygen atoms in total. The van der Waals surface area contributed by atoms with Crippen LogP contribution in [0.4, 0.5) is 14.9 Å². The van der Waals surface area contributed by atoms with Gasteiger partial charge in [0, 0.05) is 11.6 Å². The highest BCUT2D eigenvalue weighted by atomic mass is 19.1. The number of aromatic amines is 1. The average Bonchev–Trinajstić information content (AvgIpc) is 3.19. The standard InChI is InChI=1S/C25H30FN3O2/c1-2-3-13-31-25(30)29-21-16-23-22(27-24(28-23)18-7-5-4-6-8-18)15-19(21)14-17-9-11-20(26)12-10-17/h9-12,15-16,18H,2-8,13-14H2,1H3,(H,27,28)(H,29,30). The second kappa shape index (κ2) is 9.94. The van der Waals surface area contributed by atoms with Crippen LogP contribution < -0.4 is 5.32 Å². The first-order chi connectivity index (χ1) is 15.1. The van der Waals surface area contributed by atoms with E-state index in [4.69, 9.17) is 9.72 Å². The number of hydrogen-bond donors (Lipinski definition) is 2. The molecular formula is C25H30FN3O2. The van der Waals surface area contributed by atoms with E-state index in [9.17, 15) is 9.18 Å². The van der Waals surface area contributed by atoms with Crippen LogP contribution in [0.3, 0.4) is 0 Å². The number of H-pyrrole nitrogens is 1. The van der Waals surface area contributed by atoms with Gasteiger partial charge in [-0.3, -0.25) is 5.32 Å². The number of amides is 1. The van der Waals surface area contributed by atoms with E-state index in [1.165, 1.54) is 31.4 Å². The number of rotatable bonds is 7. The number of carbonyl (C=O) groups excluding carboxylic acids is 1. The highest BCUT2D eigenvalue weighted by Gasteiger charge is 2.20. The zero-order chi connectivity index (χ0) is 21.6. The van der Waals surface area contributed by atoms with Gasteiger partial charge in [0.2, 0.25) is 0 Å². The van der Waals surface area contributed by atoms with Crippen molar-refractivity contribution in [2.75, 3.05) is 11.9 Å². The first kappa shape index (κ1) is 21.3. The number of anilines is 1. The number of nitrogens with zero attached hydrogens (tertiary/aromatic N) is 1. The minimum atomic E-state index is -0.462. The summed E-state index contributed by atoms with van der Waals surface area (Å²) in [5, 5.41) is 2.89. The van der Waals surface area contributed by atoms with Gasteiger partial charge in [-0.25, -0.2) is 14.2 Å². The molecule has 1 heterocycles. The summed E-state index contributed by atoms with van der Waals surface area (Å²) in [4.78, 5) is 20.7. The number of fused-ring (bicyclic) bond motifs is 1. The Kier molecular flexibility index (Phi) is 6.85. The summed E-state index contributed by atoms with van der Waals surface area (Å²) < 4.78 is 18.6. The number of imidazole rings is 1. The van der Waals surface area contributed by atoms with Crippen molar-refractivity contribution in [3.63, 3.8) is 0 Å². The van der Waals surface area contributed by atoms with Crippen LogP contribution in [0.25, 0.3) is 11.0 Å². The molecule has 0 atom stereocenters. The van der Waals surface area contributed by atoms with Crippen molar-refractivity contribution in [1.82, 2.24) is 9.97 Å². The molecule has 1 amide bonds. The number of nitrogens with one attached hydrogen (secondary N) is 2. The first-order valence-electron chi connectivity index (χ1n) is 11.3. The van der Waals surface area contributed by atoms with Gasteiger partial charge in [-0.05, 0) is 61.1 Å². The van der Waals surface area contributed by atoms with Crippen LogP contribution in [-0.4, -0.2) is 22.7 Å². The fourth-order valence-electron chi connectivity index (χ4n) is 4.23. The Labute approximate surface area is 182 Å². The number of ether oxygens (including phenoxy) is 1. The van der Waals surface area contributed by atoms with Gasteiger partial charge in [0.05, 0.1) is 17.6 Å².